The van der Waals surface area contributed by atoms with Gasteiger partial charge < -0.3 is 19.9 Å². The molecule has 6 nitrogen and oxygen atoms in total. The van der Waals surface area contributed by atoms with E-state index in [4.69, 9.17) is 9.47 Å². The van der Waals surface area contributed by atoms with Gasteiger partial charge in [0.1, 0.15) is 17.9 Å². The molecule has 2 N–H and O–H groups in total. The van der Waals surface area contributed by atoms with Crippen molar-refractivity contribution in [1.29, 1.82) is 0 Å². The van der Waals surface area contributed by atoms with Gasteiger partial charge in [0.05, 0.1) is 15.6 Å². The number of hydrogen-bond donors (Lipinski definition) is 2. The van der Waals surface area contributed by atoms with Crippen molar-refractivity contribution in [2.75, 3.05) is 11.9 Å². The fraction of sp³-hybridized carbons (Fsp3) is 0.300. The monoisotopic (exact) mass is 513 g/mol. The molecule has 0 spiro atoms. The summed E-state index contributed by atoms with van der Waals surface area (Å²) >= 11 is 6.87. The van der Waals surface area contributed by atoms with Crippen molar-refractivity contribution in [1.82, 2.24) is 0 Å². The summed E-state index contributed by atoms with van der Waals surface area (Å²) in [7, 11) is 0. The molecule has 0 heterocycles. The van der Waals surface area contributed by atoms with Crippen LogP contribution in [0.15, 0.2) is 39.3 Å². The van der Waals surface area contributed by atoms with Crippen LogP contribution >= 0.6 is 31.9 Å². The van der Waals surface area contributed by atoms with E-state index in [0.29, 0.717) is 26.1 Å². The summed E-state index contributed by atoms with van der Waals surface area (Å²) in [6.45, 7) is 5.88. The van der Waals surface area contributed by atoms with Crippen molar-refractivity contribution in [2.45, 2.75) is 33.1 Å². The number of amides is 1. The third-order valence-corrected chi connectivity index (χ3v) is 4.91. The molecule has 0 fully saturated rings. The molecule has 2 rings (SSSR count). The highest BCUT2D eigenvalue weighted by molar-refractivity contribution is 9.11. The first-order chi connectivity index (χ1) is 13.2. The third kappa shape index (κ3) is 5.97. The fourth-order valence-corrected chi connectivity index (χ4v) is 3.80. The largest absolute Gasteiger partial charge is 0.508 e. The second-order valence-electron chi connectivity index (χ2n) is 6.28. The Labute approximate surface area is 180 Å². The standard InChI is InChI=1S/C20H21Br2NO5/c1-4-27-19(26)10-18(25)23-12-7-15(21)20(16(22)8-12)28-13-5-6-17(24)14(9-13)11(2)3/h5-9,11,24H,4,10H2,1-3H3,(H,23,25). The number of aromatic hydroxyl groups is 1. The Morgan fingerprint density at radius 1 is 1.14 bits per heavy atom. The number of phenols is 1. The van der Waals surface area contributed by atoms with E-state index >= 15 is 0 Å². The second-order valence-corrected chi connectivity index (χ2v) is 7.99. The summed E-state index contributed by atoms with van der Waals surface area (Å²) in [5.74, 6) is 0.413. The first-order valence-corrected chi connectivity index (χ1v) is 10.2. The third-order valence-electron chi connectivity index (χ3n) is 3.73. The Balaban J connectivity index is 2.17. The van der Waals surface area contributed by atoms with Crippen LogP contribution in [-0.4, -0.2) is 23.6 Å². The summed E-state index contributed by atoms with van der Waals surface area (Å²) in [6.07, 6.45) is -0.354. The summed E-state index contributed by atoms with van der Waals surface area (Å²) < 4.78 is 11.9. The van der Waals surface area contributed by atoms with Crippen molar-refractivity contribution in [3.63, 3.8) is 0 Å². The van der Waals surface area contributed by atoms with Crippen LogP contribution < -0.4 is 10.1 Å². The fourth-order valence-electron chi connectivity index (χ4n) is 2.45. The van der Waals surface area contributed by atoms with E-state index < -0.39 is 11.9 Å². The van der Waals surface area contributed by atoms with Crippen LogP contribution in [0.3, 0.4) is 0 Å². The van der Waals surface area contributed by atoms with Gasteiger partial charge in [-0.1, -0.05) is 13.8 Å². The van der Waals surface area contributed by atoms with Crippen LogP contribution in [0.25, 0.3) is 0 Å². The normalized spacial score (nSPS) is 10.6. The van der Waals surface area contributed by atoms with E-state index in [1.54, 1.807) is 37.3 Å². The van der Waals surface area contributed by atoms with Crippen molar-refractivity contribution < 1.29 is 24.2 Å². The number of hydrogen-bond acceptors (Lipinski definition) is 5. The Morgan fingerprint density at radius 3 is 2.36 bits per heavy atom. The molecule has 2 aromatic carbocycles. The summed E-state index contributed by atoms with van der Waals surface area (Å²) in [4.78, 5) is 23.3. The predicted octanol–water partition coefficient (Wildman–Crippen LogP) is 5.72. The van der Waals surface area contributed by atoms with Crippen LogP contribution in [0.4, 0.5) is 5.69 Å². The van der Waals surface area contributed by atoms with Crippen molar-refractivity contribution in [2.24, 2.45) is 0 Å². The van der Waals surface area contributed by atoms with E-state index in [9.17, 15) is 14.7 Å². The molecular formula is C20H21Br2NO5. The molecule has 8 heteroatoms. The highest BCUT2D eigenvalue weighted by atomic mass is 79.9. The summed E-state index contributed by atoms with van der Waals surface area (Å²) in [5.41, 5.74) is 1.28. The molecule has 28 heavy (non-hydrogen) atoms. The molecule has 0 atom stereocenters. The Bertz CT molecular complexity index is 860. The number of carbonyl (C=O) groups is 2. The molecule has 0 aromatic heterocycles. The molecule has 0 aliphatic carbocycles. The SMILES string of the molecule is CCOC(=O)CC(=O)Nc1cc(Br)c(Oc2ccc(O)c(C(C)C)c2)c(Br)c1. The van der Waals surface area contributed by atoms with Gasteiger partial charge in [-0.05, 0) is 75.0 Å². The number of benzene rings is 2. The second kappa shape index (κ2) is 9.93. The van der Waals surface area contributed by atoms with E-state index in [2.05, 4.69) is 37.2 Å². The highest BCUT2D eigenvalue weighted by Gasteiger charge is 2.15. The molecule has 0 aliphatic rings. The maximum absolute atomic E-state index is 11.9. The number of halogens is 2. The van der Waals surface area contributed by atoms with Crippen LogP contribution in [0.5, 0.6) is 17.2 Å². The number of ether oxygens (including phenoxy) is 2. The zero-order valence-electron chi connectivity index (χ0n) is 15.7. The van der Waals surface area contributed by atoms with E-state index in [-0.39, 0.29) is 24.7 Å². The van der Waals surface area contributed by atoms with Gasteiger partial charge in [-0.2, -0.15) is 0 Å². The molecule has 1 amide bonds. The molecule has 0 radical (unpaired) electrons. The van der Waals surface area contributed by atoms with Crippen LogP contribution in [0.1, 0.15) is 38.7 Å². The number of anilines is 1. The number of phenolic OH excluding ortho intramolecular Hbond substituents is 1. The predicted molar refractivity (Wildman–Crippen MR) is 114 cm³/mol. The molecular weight excluding hydrogens is 494 g/mol. The first kappa shape index (κ1) is 22.2. The van der Waals surface area contributed by atoms with Crippen LogP contribution in [0.2, 0.25) is 0 Å². The molecule has 150 valence electrons. The topological polar surface area (TPSA) is 84.9 Å². The van der Waals surface area contributed by atoms with Gasteiger partial charge in [-0.15, -0.1) is 0 Å². The molecule has 0 unspecified atom stereocenters. The lowest BCUT2D eigenvalue weighted by molar-refractivity contribution is -0.145. The Hall–Kier alpha value is -2.06. The van der Waals surface area contributed by atoms with Crippen LogP contribution in [-0.2, 0) is 14.3 Å². The minimum absolute atomic E-state index is 0.146. The number of carbonyl (C=O) groups excluding carboxylic acids is 2. The Morgan fingerprint density at radius 2 is 1.79 bits per heavy atom. The van der Waals surface area contributed by atoms with E-state index in [1.165, 1.54) is 0 Å². The molecule has 0 saturated heterocycles. The maximum Gasteiger partial charge on any atom is 0.315 e. The Kier molecular flexibility index (Phi) is 7.88. The maximum atomic E-state index is 11.9. The number of esters is 1. The smallest absolute Gasteiger partial charge is 0.315 e. The van der Waals surface area contributed by atoms with Gasteiger partial charge in [-0.25, -0.2) is 0 Å². The summed E-state index contributed by atoms with van der Waals surface area (Å²) in [5, 5.41) is 12.6. The highest BCUT2D eigenvalue weighted by Crippen LogP contribution is 2.40. The lowest BCUT2D eigenvalue weighted by atomic mass is 10.0. The lowest BCUT2D eigenvalue weighted by Crippen LogP contribution is -2.18. The van der Waals surface area contributed by atoms with E-state index in [0.717, 1.165) is 5.56 Å². The minimum atomic E-state index is -0.577. The lowest BCUT2D eigenvalue weighted by Gasteiger charge is -2.15. The molecule has 0 aliphatic heterocycles. The van der Waals surface area contributed by atoms with Crippen molar-refractivity contribution >= 4 is 49.4 Å². The van der Waals surface area contributed by atoms with Gasteiger partial charge >= 0.3 is 5.97 Å². The molecule has 0 bridgehead atoms. The zero-order chi connectivity index (χ0) is 20.8. The minimum Gasteiger partial charge on any atom is -0.508 e. The van der Waals surface area contributed by atoms with Gasteiger partial charge in [0.25, 0.3) is 0 Å². The van der Waals surface area contributed by atoms with E-state index in [1.807, 2.05) is 13.8 Å². The van der Waals surface area contributed by atoms with Crippen molar-refractivity contribution in [3.05, 3.63) is 44.8 Å². The quantitative estimate of drug-likeness (QED) is 0.364. The average Bonchev–Trinajstić information content (AvgIpc) is 2.59. The van der Waals surface area contributed by atoms with Crippen molar-refractivity contribution in [3.8, 4) is 17.2 Å². The molecule has 2 aromatic rings. The first-order valence-electron chi connectivity index (χ1n) is 8.66. The number of nitrogens with one attached hydrogen (secondary N) is 1. The molecule has 0 saturated carbocycles. The number of rotatable bonds is 7. The van der Waals surface area contributed by atoms with Crippen LogP contribution in [0, 0.1) is 0 Å². The van der Waals surface area contributed by atoms with Gasteiger partial charge in [0.2, 0.25) is 5.91 Å². The van der Waals surface area contributed by atoms with Gasteiger partial charge in [0.15, 0.2) is 5.75 Å². The van der Waals surface area contributed by atoms with Gasteiger partial charge in [0, 0.05) is 11.3 Å². The summed E-state index contributed by atoms with van der Waals surface area (Å²) in [6, 6.07) is 8.40. The van der Waals surface area contributed by atoms with Gasteiger partial charge in [-0.3, -0.25) is 9.59 Å². The zero-order valence-corrected chi connectivity index (χ0v) is 18.9. The average molecular weight is 515 g/mol.